The van der Waals surface area contributed by atoms with Gasteiger partial charge in [0.15, 0.2) is 5.72 Å². The zero-order valence-electron chi connectivity index (χ0n) is 14.6. The lowest BCUT2D eigenvalue weighted by molar-refractivity contribution is -0.177. The van der Waals surface area contributed by atoms with Crippen LogP contribution in [0.3, 0.4) is 0 Å². The van der Waals surface area contributed by atoms with E-state index in [0.29, 0.717) is 11.5 Å². The van der Waals surface area contributed by atoms with Gasteiger partial charge in [-0.3, -0.25) is 4.90 Å². The number of aromatic nitrogens is 1. The van der Waals surface area contributed by atoms with Gasteiger partial charge in [0, 0.05) is 47.6 Å². The number of carbonyl (C=O) groups is 1. The van der Waals surface area contributed by atoms with Gasteiger partial charge in [0.25, 0.3) is 0 Å². The van der Waals surface area contributed by atoms with Crippen molar-refractivity contribution in [3.63, 3.8) is 0 Å². The van der Waals surface area contributed by atoms with E-state index in [-0.39, 0.29) is 5.72 Å². The smallest absolute Gasteiger partial charge is 0.338 e. The van der Waals surface area contributed by atoms with Crippen LogP contribution in [0.5, 0.6) is 5.75 Å². The number of fused-ring (bicyclic) bond motifs is 3. The van der Waals surface area contributed by atoms with Crippen molar-refractivity contribution in [3.8, 4) is 5.75 Å². The van der Waals surface area contributed by atoms with Gasteiger partial charge >= 0.3 is 5.97 Å². The highest BCUT2D eigenvalue weighted by molar-refractivity contribution is 6.06. The highest BCUT2D eigenvalue weighted by Crippen LogP contribution is 2.50. The normalized spacial score (nSPS) is 28.8. The first kappa shape index (κ1) is 15.3. The quantitative estimate of drug-likeness (QED) is 0.831. The van der Waals surface area contributed by atoms with Gasteiger partial charge in [0.1, 0.15) is 5.75 Å². The fraction of sp³-hybridized carbons (Fsp3) is 0.550. The summed E-state index contributed by atoms with van der Waals surface area (Å²) in [5.74, 6) is 0.482. The van der Waals surface area contributed by atoms with Crippen LogP contribution in [0.25, 0.3) is 10.9 Å². The number of carboxylic acid groups (broad SMARTS) is 1. The number of rotatable bonds is 1. The number of hydrogen-bond donors (Lipinski definition) is 2. The molecule has 4 heterocycles. The minimum absolute atomic E-state index is 0.161. The number of H-pyrrole nitrogens is 1. The molecule has 2 aromatic rings. The number of aromatic amines is 1. The van der Waals surface area contributed by atoms with Crippen molar-refractivity contribution in [3.05, 3.63) is 29.0 Å². The highest BCUT2D eigenvalue weighted by atomic mass is 16.5. The van der Waals surface area contributed by atoms with Gasteiger partial charge in [0.05, 0.1) is 5.56 Å². The number of nitrogens with zero attached hydrogens (tertiary/aromatic N) is 1. The van der Waals surface area contributed by atoms with Crippen molar-refractivity contribution in [2.24, 2.45) is 5.92 Å². The average Bonchev–Trinajstić information content (AvgIpc) is 2.95. The fourth-order valence-corrected chi connectivity index (χ4v) is 5.48. The third-order valence-corrected chi connectivity index (χ3v) is 6.53. The predicted molar refractivity (Wildman–Crippen MR) is 95.2 cm³/mol. The van der Waals surface area contributed by atoms with Crippen LogP contribution >= 0.6 is 0 Å². The molecule has 2 saturated heterocycles. The molecule has 0 bridgehead atoms. The third-order valence-electron chi connectivity index (χ3n) is 6.53. The first-order valence-corrected chi connectivity index (χ1v) is 9.42. The van der Waals surface area contributed by atoms with Gasteiger partial charge in [-0.2, -0.15) is 0 Å². The van der Waals surface area contributed by atoms with Gasteiger partial charge < -0.3 is 14.8 Å². The Bertz CT molecular complexity index is 869. The van der Waals surface area contributed by atoms with Crippen molar-refractivity contribution >= 4 is 16.9 Å². The van der Waals surface area contributed by atoms with Crippen LogP contribution in [0.15, 0.2) is 12.1 Å². The molecule has 1 aromatic carbocycles. The van der Waals surface area contributed by atoms with E-state index in [1.807, 2.05) is 19.1 Å². The summed E-state index contributed by atoms with van der Waals surface area (Å²) in [6, 6.07) is 4.01. The largest absolute Gasteiger partial charge is 0.478 e. The molecule has 0 amide bonds. The molecule has 0 saturated carbocycles. The molecule has 2 atom stereocenters. The Balaban J connectivity index is 1.69. The van der Waals surface area contributed by atoms with Crippen molar-refractivity contribution in [2.75, 3.05) is 13.1 Å². The standard InChI is InChI=1S/C20H24N2O3/c1-12-17(19(23)24)18-14-11-13-5-4-10-22-9-3-2-8-20(13,22)25-16(14)7-6-15(18)21-12/h6-7,13,21H,2-5,8-11H2,1H3,(H,23,24). The summed E-state index contributed by atoms with van der Waals surface area (Å²) in [5.41, 5.74) is 2.96. The second kappa shape index (κ2) is 5.24. The van der Waals surface area contributed by atoms with E-state index >= 15 is 0 Å². The van der Waals surface area contributed by atoms with Gasteiger partial charge in [-0.25, -0.2) is 4.79 Å². The Kier molecular flexibility index (Phi) is 3.20. The molecule has 2 N–H and O–H groups in total. The number of aromatic carboxylic acids is 1. The molecule has 5 rings (SSSR count). The van der Waals surface area contributed by atoms with E-state index in [0.717, 1.165) is 60.3 Å². The van der Waals surface area contributed by atoms with Gasteiger partial charge in [-0.05, 0) is 51.2 Å². The first-order valence-electron chi connectivity index (χ1n) is 9.42. The molecule has 3 aliphatic rings. The topological polar surface area (TPSA) is 65.6 Å². The second-order valence-electron chi connectivity index (χ2n) is 7.83. The molecule has 1 spiro atoms. The molecule has 5 nitrogen and oxygen atoms in total. The third kappa shape index (κ3) is 2.02. The van der Waals surface area contributed by atoms with Crippen LogP contribution in [0, 0.1) is 12.8 Å². The molecule has 0 radical (unpaired) electrons. The molecule has 25 heavy (non-hydrogen) atoms. The number of nitrogens with one attached hydrogen (secondary N) is 1. The maximum Gasteiger partial charge on any atom is 0.338 e. The van der Waals surface area contributed by atoms with Crippen LogP contribution in [0.1, 0.15) is 53.7 Å². The first-order chi connectivity index (χ1) is 12.1. The van der Waals surface area contributed by atoms with Gasteiger partial charge in [-0.1, -0.05) is 0 Å². The minimum Gasteiger partial charge on any atom is -0.478 e. The Morgan fingerprint density at radius 1 is 1.32 bits per heavy atom. The monoisotopic (exact) mass is 340 g/mol. The number of carboxylic acids is 1. The predicted octanol–water partition coefficient (Wildman–Crippen LogP) is 3.70. The van der Waals surface area contributed by atoms with E-state index < -0.39 is 5.97 Å². The molecule has 132 valence electrons. The van der Waals surface area contributed by atoms with Crippen LogP contribution in [-0.4, -0.2) is 39.8 Å². The molecule has 0 aliphatic carbocycles. The van der Waals surface area contributed by atoms with Crippen LogP contribution < -0.4 is 4.74 Å². The van der Waals surface area contributed by atoms with Crippen LogP contribution in [0.2, 0.25) is 0 Å². The lowest BCUT2D eigenvalue weighted by atomic mass is 9.74. The lowest BCUT2D eigenvalue weighted by Crippen LogP contribution is -2.64. The van der Waals surface area contributed by atoms with Gasteiger partial charge in [0.2, 0.25) is 0 Å². The number of piperidine rings is 2. The molecule has 2 fully saturated rings. The summed E-state index contributed by atoms with van der Waals surface area (Å²) in [5, 5.41) is 10.6. The summed E-state index contributed by atoms with van der Waals surface area (Å²) in [6.45, 7) is 4.08. The number of hydrogen-bond acceptors (Lipinski definition) is 3. The van der Waals surface area contributed by atoms with Crippen molar-refractivity contribution < 1.29 is 14.6 Å². The number of ether oxygens (including phenoxy) is 1. The zero-order valence-corrected chi connectivity index (χ0v) is 14.6. The maximum absolute atomic E-state index is 11.8. The van der Waals surface area contributed by atoms with Crippen LogP contribution in [-0.2, 0) is 6.42 Å². The van der Waals surface area contributed by atoms with Crippen LogP contribution in [0.4, 0.5) is 0 Å². The van der Waals surface area contributed by atoms with E-state index in [4.69, 9.17) is 4.74 Å². The van der Waals surface area contributed by atoms with Crippen molar-refractivity contribution in [1.82, 2.24) is 9.88 Å². The maximum atomic E-state index is 11.8. The summed E-state index contributed by atoms with van der Waals surface area (Å²) in [7, 11) is 0. The second-order valence-corrected chi connectivity index (χ2v) is 7.83. The van der Waals surface area contributed by atoms with E-state index in [1.165, 1.54) is 19.3 Å². The average molecular weight is 340 g/mol. The Morgan fingerprint density at radius 2 is 2.16 bits per heavy atom. The van der Waals surface area contributed by atoms with E-state index in [9.17, 15) is 9.90 Å². The SMILES string of the molecule is Cc1[nH]c2ccc3c(c2c1C(=O)O)CC1CCCN2CCCCC12O3. The van der Waals surface area contributed by atoms with E-state index in [1.54, 1.807) is 0 Å². The summed E-state index contributed by atoms with van der Waals surface area (Å²) >= 11 is 0. The lowest BCUT2D eigenvalue weighted by Gasteiger charge is -2.56. The molecule has 5 heteroatoms. The summed E-state index contributed by atoms with van der Waals surface area (Å²) in [4.78, 5) is 17.6. The Morgan fingerprint density at radius 3 is 3.00 bits per heavy atom. The minimum atomic E-state index is -0.861. The molecular formula is C20H24N2O3. The molecule has 2 unspecified atom stereocenters. The summed E-state index contributed by atoms with van der Waals surface area (Å²) in [6.07, 6.45) is 6.85. The van der Waals surface area contributed by atoms with Crippen molar-refractivity contribution in [2.45, 2.75) is 51.2 Å². The Labute approximate surface area is 147 Å². The molecular weight excluding hydrogens is 316 g/mol. The summed E-state index contributed by atoms with van der Waals surface area (Å²) < 4.78 is 6.70. The number of benzene rings is 1. The van der Waals surface area contributed by atoms with E-state index in [2.05, 4.69) is 9.88 Å². The molecule has 1 aromatic heterocycles. The zero-order chi connectivity index (χ0) is 17.2. The fourth-order valence-electron chi connectivity index (χ4n) is 5.48. The number of aryl methyl sites for hydroxylation is 1. The Hall–Kier alpha value is -2.01. The van der Waals surface area contributed by atoms with Gasteiger partial charge in [-0.15, -0.1) is 0 Å². The highest BCUT2D eigenvalue weighted by Gasteiger charge is 2.52. The van der Waals surface area contributed by atoms with Crippen molar-refractivity contribution in [1.29, 1.82) is 0 Å². The molecule has 3 aliphatic heterocycles.